The molecule has 1 aliphatic carbocycles. The van der Waals surface area contributed by atoms with E-state index in [1.54, 1.807) is 6.26 Å². The number of furan rings is 1. The van der Waals surface area contributed by atoms with Gasteiger partial charge in [0.05, 0.1) is 18.1 Å². The summed E-state index contributed by atoms with van der Waals surface area (Å²) >= 11 is 1.35. The quantitative estimate of drug-likeness (QED) is 0.714. The third-order valence-corrected chi connectivity index (χ3v) is 5.30. The molecule has 1 saturated carbocycles. The fourth-order valence-electron chi connectivity index (χ4n) is 3.12. The number of aromatic amines is 1. The van der Waals surface area contributed by atoms with Gasteiger partial charge in [0, 0.05) is 6.42 Å². The van der Waals surface area contributed by atoms with E-state index in [1.165, 1.54) is 43.9 Å². The summed E-state index contributed by atoms with van der Waals surface area (Å²) in [5.41, 5.74) is 0. The molecule has 1 aliphatic rings. The number of amides is 1. The van der Waals surface area contributed by atoms with Crippen molar-refractivity contribution < 1.29 is 9.21 Å². The number of nitrogens with one attached hydrogen (secondary N) is 2. The molecule has 1 unspecified atom stereocenters. The SMILES string of the molecule is CC(NC(=O)CSc1n[nH]c(CCC2CCCC2)n1)c1ccco1. The van der Waals surface area contributed by atoms with Crippen LogP contribution in [0, 0.1) is 5.92 Å². The van der Waals surface area contributed by atoms with Crippen molar-refractivity contribution >= 4 is 17.7 Å². The van der Waals surface area contributed by atoms with E-state index < -0.39 is 0 Å². The van der Waals surface area contributed by atoms with E-state index in [4.69, 9.17) is 4.42 Å². The van der Waals surface area contributed by atoms with Crippen molar-refractivity contribution in [1.82, 2.24) is 20.5 Å². The first kappa shape index (κ1) is 17.1. The molecule has 2 aromatic heterocycles. The third kappa shape index (κ3) is 4.87. The smallest absolute Gasteiger partial charge is 0.231 e. The van der Waals surface area contributed by atoms with E-state index in [0.717, 1.165) is 23.9 Å². The van der Waals surface area contributed by atoms with Gasteiger partial charge in [0.15, 0.2) is 0 Å². The highest BCUT2D eigenvalue weighted by atomic mass is 32.2. The molecule has 6 nitrogen and oxygen atoms in total. The molecule has 2 aromatic rings. The maximum Gasteiger partial charge on any atom is 0.231 e. The van der Waals surface area contributed by atoms with Crippen LogP contribution in [0.3, 0.4) is 0 Å². The molecule has 2 heterocycles. The Balaban J connectivity index is 1.39. The van der Waals surface area contributed by atoms with E-state index in [9.17, 15) is 4.79 Å². The molecule has 1 atom stereocenters. The minimum atomic E-state index is -0.137. The molecule has 0 radical (unpaired) electrons. The Morgan fingerprint density at radius 3 is 3.08 bits per heavy atom. The summed E-state index contributed by atoms with van der Waals surface area (Å²) in [4.78, 5) is 16.5. The van der Waals surface area contributed by atoms with E-state index in [-0.39, 0.29) is 11.9 Å². The van der Waals surface area contributed by atoms with Crippen molar-refractivity contribution in [3.63, 3.8) is 0 Å². The lowest BCUT2D eigenvalue weighted by atomic mass is 10.0. The highest BCUT2D eigenvalue weighted by Gasteiger charge is 2.16. The maximum absolute atomic E-state index is 12.0. The van der Waals surface area contributed by atoms with Crippen LogP contribution in [-0.4, -0.2) is 26.8 Å². The van der Waals surface area contributed by atoms with Gasteiger partial charge < -0.3 is 9.73 Å². The zero-order valence-corrected chi connectivity index (χ0v) is 14.8. The Labute approximate surface area is 146 Å². The minimum Gasteiger partial charge on any atom is -0.467 e. The largest absolute Gasteiger partial charge is 0.467 e. The van der Waals surface area contributed by atoms with Gasteiger partial charge in [0.25, 0.3) is 0 Å². The van der Waals surface area contributed by atoms with E-state index in [0.29, 0.717) is 10.9 Å². The number of hydrogen-bond donors (Lipinski definition) is 2. The second kappa shape index (κ2) is 8.37. The first-order valence-electron chi connectivity index (χ1n) is 8.57. The fourth-order valence-corrected chi connectivity index (χ4v) is 3.74. The van der Waals surface area contributed by atoms with Crippen molar-refractivity contribution in [2.75, 3.05) is 5.75 Å². The van der Waals surface area contributed by atoms with Crippen molar-refractivity contribution in [3.8, 4) is 0 Å². The summed E-state index contributed by atoms with van der Waals surface area (Å²) in [7, 11) is 0. The molecule has 0 aromatic carbocycles. The molecule has 24 heavy (non-hydrogen) atoms. The summed E-state index contributed by atoms with van der Waals surface area (Å²) in [6.07, 6.45) is 9.17. The van der Waals surface area contributed by atoms with Crippen LogP contribution < -0.4 is 5.32 Å². The maximum atomic E-state index is 12.0. The summed E-state index contributed by atoms with van der Waals surface area (Å²) in [5, 5.41) is 10.7. The van der Waals surface area contributed by atoms with E-state index >= 15 is 0 Å². The topological polar surface area (TPSA) is 83.8 Å². The summed E-state index contributed by atoms with van der Waals surface area (Å²) < 4.78 is 5.28. The molecule has 130 valence electrons. The number of hydrogen-bond acceptors (Lipinski definition) is 5. The average Bonchev–Trinajstić information content (AvgIpc) is 3.33. The molecule has 0 bridgehead atoms. The number of nitrogens with zero attached hydrogens (tertiary/aromatic N) is 2. The lowest BCUT2D eigenvalue weighted by Crippen LogP contribution is -2.27. The molecular formula is C17H24N4O2S. The van der Waals surface area contributed by atoms with Crippen molar-refractivity contribution in [2.45, 2.75) is 56.6 Å². The van der Waals surface area contributed by atoms with Crippen molar-refractivity contribution in [3.05, 3.63) is 30.0 Å². The number of aromatic nitrogens is 3. The second-order valence-corrected chi connectivity index (χ2v) is 7.29. The molecule has 3 rings (SSSR count). The van der Waals surface area contributed by atoms with Crippen molar-refractivity contribution in [1.29, 1.82) is 0 Å². The highest BCUT2D eigenvalue weighted by Crippen LogP contribution is 2.28. The first-order valence-corrected chi connectivity index (χ1v) is 9.56. The lowest BCUT2D eigenvalue weighted by Gasteiger charge is -2.10. The van der Waals surface area contributed by atoms with Crippen LogP contribution >= 0.6 is 11.8 Å². The van der Waals surface area contributed by atoms with Gasteiger partial charge in [-0.25, -0.2) is 4.98 Å². The second-order valence-electron chi connectivity index (χ2n) is 6.35. The highest BCUT2D eigenvalue weighted by molar-refractivity contribution is 7.99. The zero-order valence-electron chi connectivity index (χ0n) is 14.0. The van der Waals surface area contributed by atoms with Crippen LogP contribution in [0.5, 0.6) is 0 Å². The Hall–Kier alpha value is -1.76. The van der Waals surface area contributed by atoms with E-state index in [2.05, 4.69) is 20.5 Å². The normalized spacial score (nSPS) is 16.4. The number of thioether (sulfide) groups is 1. The van der Waals surface area contributed by atoms with Crippen molar-refractivity contribution in [2.24, 2.45) is 5.92 Å². The predicted molar refractivity (Wildman–Crippen MR) is 92.7 cm³/mol. The number of H-pyrrole nitrogens is 1. The molecule has 1 fully saturated rings. The Bertz CT molecular complexity index is 635. The molecule has 2 N–H and O–H groups in total. The number of carbonyl (C=O) groups is 1. The number of carbonyl (C=O) groups excluding carboxylic acids is 1. The van der Waals surface area contributed by atoms with Gasteiger partial charge in [-0.05, 0) is 31.4 Å². The van der Waals surface area contributed by atoms with Crippen LogP contribution in [0.15, 0.2) is 28.0 Å². The van der Waals surface area contributed by atoms with Crippen LogP contribution in [-0.2, 0) is 11.2 Å². The Morgan fingerprint density at radius 2 is 2.33 bits per heavy atom. The molecule has 1 amide bonds. The average molecular weight is 348 g/mol. The van der Waals surface area contributed by atoms with Gasteiger partial charge >= 0.3 is 0 Å². The summed E-state index contributed by atoms with van der Waals surface area (Å²) in [5.74, 6) is 2.76. The first-order chi connectivity index (χ1) is 11.7. The monoisotopic (exact) mass is 348 g/mol. The molecule has 0 saturated heterocycles. The predicted octanol–water partition coefficient (Wildman–Crippen LogP) is 3.49. The zero-order chi connectivity index (χ0) is 16.8. The Kier molecular flexibility index (Phi) is 5.96. The van der Waals surface area contributed by atoms with Crippen LogP contribution in [0.4, 0.5) is 0 Å². The van der Waals surface area contributed by atoms with Crippen LogP contribution in [0.1, 0.15) is 56.7 Å². The molecule has 7 heteroatoms. The van der Waals surface area contributed by atoms with Gasteiger partial charge in [-0.1, -0.05) is 37.4 Å². The van der Waals surface area contributed by atoms with Gasteiger partial charge in [-0.15, -0.1) is 5.10 Å². The van der Waals surface area contributed by atoms with Gasteiger partial charge in [-0.2, -0.15) is 0 Å². The number of rotatable bonds is 8. The van der Waals surface area contributed by atoms with Gasteiger partial charge in [-0.3, -0.25) is 9.89 Å². The minimum absolute atomic E-state index is 0.0544. The molecule has 0 spiro atoms. The standard InChI is InChI=1S/C17H24N4O2S/c1-12(14-7-4-10-23-14)18-16(22)11-24-17-19-15(20-21-17)9-8-13-5-2-3-6-13/h4,7,10,12-13H,2-3,5-6,8-9,11H2,1H3,(H,18,22)(H,19,20,21). The summed E-state index contributed by atoms with van der Waals surface area (Å²) in [6, 6.07) is 3.53. The van der Waals surface area contributed by atoms with Gasteiger partial charge in [0.2, 0.25) is 11.1 Å². The van der Waals surface area contributed by atoms with Gasteiger partial charge in [0.1, 0.15) is 11.6 Å². The van der Waals surface area contributed by atoms with Crippen LogP contribution in [0.2, 0.25) is 0 Å². The number of aryl methyl sites for hydroxylation is 1. The van der Waals surface area contributed by atoms with E-state index in [1.807, 2.05) is 19.1 Å². The Morgan fingerprint density at radius 1 is 1.50 bits per heavy atom. The summed E-state index contributed by atoms with van der Waals surface area (Å²) in [6.45, 7) is 1.90. The molecular weight excluding hydrogens is 324 g/mol. The fraction of sp³-hybridized carbons (Fsp3) is 0.588. The third-order valence-electron chi connectivity index (χ3n) is 4.46. The molecule has 0 aliphatic heterocycles. The lowest BCUT2D eigenvalue weighted by molar-refractivity contribution is -0.119. The van der Waals surface area contributed by atoms with Crippen LogP contribution in [0.25, 0.3) is 0 Å².